The number of unbranched alkanes of at least 4 members (excludes halogenated alkanes) is 1. The molecule has 0 saturated heterocycles. The van der Waals surface area contributed by atoms with Gasteiger partial charge in [-0.05, 0) is 36.3 Å². The molecule has 4 nitrogen and oxygen atoms in total. The van der Waals surface area contributed by atoms with Crippen molar-refractivity contribution in [1.29, 1.82) is 0 Å². The van der Waals surface area contributed by atoms with E-state index in [1.807, 2.05) is 6.92 Å². The van der Waals surface area contributed by atoms with E-state index >= 15 is 0 Å². The van der Waals surface area contributed by atoms with Crippen molar-refractivity contribution >= 4 is 11.9 Å². The lowest BCUT2D eigenvalue weighted by Gasteiger charge is -2.14. The zero-order chi connectivity index (χ0) is 17.2. The van der Waals surface area contributed by atoms with E-state index in [-0.39, 0.29) is 5.91 Å². The zero-order valence-electron chi connectivity index (χ0n) is 14.5. The Morgan fingerprint density at radius 1 is 1.13 bits per heavy atom. The first-order chi connectivity index (χ1) is 10.9. The number of hydrogen-bond acceptors (Lipinski definition) is 2. The minimum atomic E-state index is -0.948. The topological polar surface area (TPSA) is 66.4 Å². The Kier molecular flexibility index (Phi) is 8.38. The molecule has 0 aliphatic rings. The average molecular weight is 319 g/mol. The Hall–Kier alpha value is -1.84. The SMILES string of the molecule is CCCCC(NC(=O)CCCc1ccc(C(C)C)cc1)C(=O)O. The van der Waals surface area contributed by atoms with Gasteiger partial charge in [-0.1, -0.05) is 57.9 Å². The molecule has 0 radical (unpaired) electrons. The highest BCUT2D eigenvalue weighted by Crippen LogP contribution is 2.15. The molecule has 0 aromatic heterocycles. The molecule has 0 saturated carbocycles. The normalized spacial score (nSPS) is 12.2. The second-order valence-electron chi connectivity index (χ2n) is 6.35. The van der Waals surface area contributed by atoms with Crippen LogP contribution in [0.2, 0.25) is 0 Å². The van der Waals surface area contributed by atoms with E-state index < -0.39 is 12.0 Å². The number of rotatable bonds is 10. The Labute approximate surface area is 139 Å². The maximum atomic E-state index is 11.9. The molecule has 0 aliphatic heterocycles. The second-order valence-corrected chi connectivity index (χ2v) is 6.35. The van der Waals surface area contributed by atoms with Crippen LogP contribution >= 0.6 is 0 Å². The van der Waals surface area contributed by atoms with Gasteiger partial charge >= 0.3 is 5.97 Å². The van der Waals surface area contributed by atoms with E-state index in [0.717, 1.165) is 25.7 Å². The van der Waals surface area contributed by atoms with Crippen LogP contribution in [0.1, 0.15) is 69.9 Å². The standard InChI is InChI=1S/C19H29NO3/c1-4-5-8-17(19(22)23)20-18(21)9-6-7-15-10-12-16(13-11-15)14(2)3/h10-14,17H,4-9H2,1-3H3,(H,20,21)(H,22,23). The van der Waals surface area contributed by atoms with E-state index in [0.29, 0.717) is 18.8 Å². The summed E-state index contributed by atoms with van der Waals surface area (Å²) >= 11 is 0. The molecule has 1 aromatic rings. The number of amides is 1. The molecule has 1 unspecified atom stereocenters. The van der Waals surface area contributed by atoms with Crippen LogP contribution in [-0.4, -0.2) is 23.0 Å². The Balaban J connectivity index is 2.36. The minimum Gasteiger partial charge on any atom is -0.480 e. The fourth-order valence-electron chi connectivity index (χ4n) is 2.45. The summed E-state index contributed by atoms with van der Waals surface area (Å²) in [6.45, 7) is 6.33. The summed E-state index contributed by atoms with van der Waals surface area (Å²) in [7, 11) is 0. The molecular weight excluding hydrogens is 290 g/mol. The van der Waals surface area contributed by atoms with Crippen LogP contribution < -0.4 is 5.32 Å². The van der Waals surface area contributed by atoms with Gasteiger partial charge in [0.1, 0.15) is 6.04 Å². The Bertz CT molecular complexity index is 494. The molecule has 1 amide bonds. The summed E-state index contributed by atoms with van der Waals surface area (Å²) in [6.07, 6.45) is 4.15. The van der Waals surface area contributed by atoms with Gasteiger partial charge in [0.15, 0.2) is 0 Å². The fraction of sp³-hybridized carbons (Fsp3) is 0.579. The number of nitrogens with one attached hydrogen (secondary N) is 1. The number of hydrogen-bond donors (Lipinski definition) is 2. The van der Waals surface area contributed by atoms with Crippen molar-refractivity contribution in [2.24, 2.45) is 0 Å². The third kappa shape index (κ3) is 7.31. The number of carbonyl (C=O) groups excluding carboxylic acids is 1. The van der Waals surface area contributed by atoms with Gasteiger partial charge in [-0.25, -0.2) is 4.79 Å². The molecule has 0 heterocycles. The number of carboxylic acid groups (broad SMARTS) is 1. The molecule has 0 fully saturated rings. The molecule has 2 N–H and O–H groups in total. The van der Waals surface area contributed by atoms with Crippen molar-refractivity contribution in [3.8, 4) is 0 Å². The van der Waals surface area contributed by atoms with Crippen molar-refractivity contribution in [1.82, 2.24) is 5.32 Å². The number of aliphatic carboxylic acids is 1. The highest BCUT2D eigenvalue weighted by Gasteiger charge is 2.18. The van der Waals surface area contributed by atoms with Crippen molar-refractivity contribution in [2.45, 2.75) is 71.3 Å². The van der Waals surface area contributed by atoms with Crippen LogP contribution in [0.25, 0.3) is 0 Å². The van der Waals surface area contributed by atoms with Crippen LogP contribution in [0.15, 0.2) is 24.3 Å². The third-order valence-electron chi connectivity index (χ3n) is 4.00. The lowest BCUT2D eigenvalue weighted by Crippen LogP contribution is -2.40. The number of aryl methyl sites for hydroxylation is 1. The maximum Gasteiger partial charge on any atom is 0.326 e. The van der Waals surface area contributed by atoms with Crippen molar-refractivity contribution in [3.05, 3.63) is 35.4 Å². The highest BCUT2D eigenvalue weighted by molar-refractivity contribution is 5.83. The number of carbonyl (C=O) groups is 2. The third-order valence-corrected chi connectivity index (χ3v) is 4.00. The molecule has 128 valence electrons. The van der Waals surface area contributed by atoms with Crippen LogP contribution in [0, 0.1) is 0 Å². The lowest BCUT2D eigenvalue weighted by atomic mass is 10.00. The molecule has 1 rings (SSSR count). The molecule has 1 aromatic carbocycles. The van der Waals surface area contributed by atoms with Crippen molar-refractivity contribution in [3.63, 3.8) is 0 Å². The van der Waals surface area contributed by atoms with Gasteiger partial charge in [-0.15, -0.1) is 0 Å². The first-order valence-electron chi connectivity index (χ1n) is 8.55. The number of benzene rings is 1. The second kappa shape index (κ2) is 10.0. The monoisotopic (exact) mass is 319 g/mol. The van der Waals surface area contributed by atoms with E-state index in [2.05, 4.69) is 43.4 Å². The quantitative estimate of drug-likeness (QED) is 0.687. The Morgan fingerprint density at radius 2 is 1.78 bits per heavy atom. The van der Waals surface area contributed by atoms with Crippen LogP contribution in [0.3, 0.4) is 0 Å². The van der Waals surface area contributed by atoms with Crippen LogP contribution in [-0.2, 0) is 16.0 Å². The average Bonchev–Trinajstić information content (AvgIpc) is 2.51. The number of carboxylic acids is 1. The minimum absolute atomic E-state index is 0.174. The van der Waals surface area contributed by atoms with Crippen LogP contribution in [0.4, 0.5) is 0 Å². The fourth-order valence-corrected chi connectivity index (χ4v) is 2.45. The van der Waals surface area contributed by atoms with Gasteiger partial charge < -0.3 is 10.4 Å². The summed E-state index contributed by atoms with van der Waals surface area (Å²) in [5.74, 6) is -0.603. The molecule has 0 spiro atoms. The van der Waals surface area contributed by atoms with Crippen molar-refractivity contribution < 1.29 is 14.7 Å². The van der Waals surface area contributed by atoms with E-state index in [1.54, 1.807) is 0 Å². The van der Waals surface area contributed by atoms with Gasteiger partial charge in [0.25, 0.3) is 0 Å². The van der Waals surface area contributed by atoms with Gasteiger partial charge in [0.05, 0.1) is 0 Å². The van der Waals surface area contributed by atoms with E-state index in [1.165, 1.54) is 11.1 Å². The summed E-state index contributed by atoms with van der Waals surface area (Å²) in [5.41, 5.74) is 2.52. The van der Waals surface area contributed by atoms with Gasteiger partial charge in [0, 0.05) is 6.42 Å². The predicted octanol–water partition coefficient (Wildman–Crippen LogP) is 3.89. The van der Waals surface area contributed by atoms with Gasteiger partial charge in [0.2, 0.25) is 5.91 Å². The highest BCUT2D eigenvalue weighted by atomic mass is 16.4. The molecule has 23 heavy (non-hydrogen) atoms. The summed E-state index contributed by atoms with van der Waals surface area (Å²) in [5, 5.41) is 11.7. The molecule has 0 aliphatic carbocycles. The summed E-state index contributed by atoms with van der Waals surface area (Å²) in [6, 6.07) is 7.72. The lowest BCUT2D eigenvalue weighted by molar-refractivity contribution is -0.142. The largest absolute Gasteiger partial charge is 0.480 e. The zero-order valence-corrected chi connectivity index (χ0v) is 14.5. The predicted molar refractivity (Wildman–Crippen MR) is 92.6 cm³/mol. The van der Waals surface area contributed by atoms with Crippen molar-refractivity contribution in [2.75, 3.05) is 0 Å². The van der Waals surface area contributed by atoms with Gasteiger partial charge in [-0.3, -0.25) is 4.79 Å². The molecule has 0 bridgehead atoms. The summed E-state index contributed by atoms with van der Waals surface area (Å²) < 4.78 is 0. The molecule has 1 atom stereocenters. The first-order valence-corrected chi connectivity index (χ1v) is 8.55. The summed E-state index contributed by atoms with van der Waals surface area (Å²) in [4.78, 5) is 23.0. The smallest absolute Gasteiger partial charge is 0.326 e. The van der Waals surface area contributed by atoms with Gasteiger partial charge in [-0.2, -0.15) is 0 Å². The first kappa shape index (κ1) is 19.2. The van der Waals surface area contributed by atoms with E-state index in [4.69, 9.17) is 5.11 Å². The Morgan fingerprint density at radius 3 is 2.30 bits per heavy atom. The molecular formula is C19H29NO3. The van der Waals surface area contributed by atoms with E-state index in [9.17, 15) is 9.59 Å². The molecule has 4 heteroatoms. The van der Waals surface area contributed by atoms with Crippen LogP contribution in [0.5, 0.6) is 0 Å². The maximum absolute atomic E-state index is 11.9.